The SMILES string of the molecule is CCC(N=C(N)N)NCc1cc(C)cc(CNC(CC)N=C(N)N)c1OCCCCCCCCc1ccccc1. The molecule has 9 nitrogen and oxygen atoms in total. The summed E-state index contributed by atoms with van der Waals surface area (Å²) in [4.78, 5) is 8.57. The van der Waals surface area contributed by atoms with Gasteiger partial charge in [0.1, 0.15) is 18.1 Å². The van der Waals surface area contributed by atoms with E-state index in [1.54, 1.807) is 0 Å². The van der Waals surface area contributed by atoms with Crippen LogP contribution >= 0.6 is 0 Å². The summed E-state index contributed by atoms with van der Waals surface area (Å²) in [6, 6.07) is 15.0. The van der Waals surface area contributed by atoms with Crippen molar-refractivity contribution >= 4 is 11.9 Å². The Hall–Kier alpha value is -3.30. The van der Waals surface area contributed by atoms with Gasteiger partial charge < -0.3 is 27.7 Å². The number of rotatable bonds is 20. The first-order valence-corrected chi connectivity index (χ1v) is 14.8. The first-order chi connectivity index (χ1) is 19.3. The maximum absolute atomic E-state index is 6.45. The van der Waals surface area contributed by atoms with E-state index in [9.17, 15) is 0 Å². The number of hydrogen-bond donors (Lipinski definition) is 6. The van der Waals surface area contributed by atoms with E-state index in [1.165, 1.54) is 31.2 Å². The van der Waals surface area contributed by atoms with Crippen molar-refractivity contribution in [3.63, 3.8) is 0 Å². The summed E-state index contributed by atoms with van der Waals surface area (Å²) < 4.78 is 6.45. The van der Waals surface area contributed by atoms with Crippen molar-refractivity contribution in [2.75, 3.05) is 6.61 Å². The molecule has 0 aliphatic heterocycles. The fraction of sp³-hybridized carbons (Fsp3) is 0.548. The largest absolute Gasteiger partial charge is 0.493 e. The second kappa shape index (κ2) is 18.9. The van der Waals surface area contributed by atoms with Crippen LogP contribution in [0.2, 0.25) is 0 Å². The molecule has 222 valence electrons. The first-order valence-electron chi connectivity index (χ1n) is 14.8. The lowest BCUT2D eigenvalue weighted by Gasteiger charge is -2.21. The molecular weight excluding hydrogens is 500 g/mol. The van der Waals surface area contributed by atoms with Crippen molar-refractivity contribution < 1.29 is 4.74 Å². The Morgan fingerprint density at radius 1 is 0.750 bits per heavy atom. The highest BCUT2D eigenvalue weighted by atomic mass is 16.5. The van der Waals surface area contributed by atoms with Gasteiger partial charge in [0.2, 0.25) is 0 Å². The van der Waals surface area contributed by atoms with Crippen molar-refractivity contribution in [1.82, 2.24) is 10.6 Å². The topological polar surface area (TPSA) is 162 Å². The monoisotopic (exact) mass is 552 g/mol. The third-order valence-corrected chi connectivity index (χ3v) is 6.78. The number of guanidine groups is 2. The molecule has 10 N–H and O–H groups in total. The van der Waals surface area contributed by atoms with Gasteiger partial charge in [-0.3, -0.25) is 10.6 Å². The number of benzene rings is 2. The summed E-state index contributed by atoms with van der Waals surface area (Å²) in [5.41, 5.74) is 27.2. The zero-order valence-corrected chi connectivity index (χ0v) is 24.8. The highest BCUT2D eigenvalue weighted by Crippen LogP contribution is 2.27. The maximum atomic E-state index is 6.45. The molecule has 2 aromatic carbocycles. The van der Waals surface area contributed by atoms with Gasteiger partial charge in [-0.05, 0) is 44.6 Å². The molecule has 40 heavy (non-hydrogen) atoms. The minimum Gasteiger partial charge on any atom is -0.493 e. The van der Waals surface area contributed by atoms with Gasteiger partial charge in [-0.2, -0.15) is 0 Å². The Bertz CT molecular complexity index is 982. The van der Waals surface area contributed by atoms with Gasteiger partial charge in [0, 0.05) is 24.2 Å². The molecule has 0 aliphatic rings. The molecule has 9 heteroatoms. The van der Waals surface area contributed by atoms with Crippen LogP contribution in [0.4, 0.5) is 0 Å². The van der Waals surface area contributed by atoms with E-state index in [4.69, 9.17) is 27.7 Å². The molecular formula is C31H52N8O. The smallest absolute Gasteiger partial charge is 0.187 e. The van der Waals surface area contributed by atoms with Gasteiger partial charge in [0.15, 0.2) is 11.9 Å². The predicted octanol–water partition coefficient (Wildman–Crippen LogP) is 4.16. The van der Waals surface area contributed by atoms with Gasteiger partial charge in [0.25, 0.3) is 0 Å². The number of unbranched alkanes of at least 4 members (excludes halogenated alkanes) is 5. The zero-order valence-electron chi connectivity index (χ0n) is 24.8. The van der Waals surface area contributed by atoms with Crippen molar-refractivity contribution in [3.05, 3.63) is 64.7 Å². The summed E-state index contributed by atoms with van der Waals surface area (Å²) in [6.07, 6.45) is 9.56. The quantitative estimate of drug-likeness (QED) is 0.0816. The van der Waals surface area contributed by atoms with Crippen LogP contribution in [0.25, 0.3) is 0 Å². The lowest BCUT2D eigenvalue weighted by Crippen LogP contribution is -2.33. The van der Waals surface area contributed by atoms with E-state index in [0.29, 0.717) is 19.7 Å². The van der Waals surface area contributed by atoms with Crippen LogP contribution in [0, 0.1) is 6.92 Å². The third kappa shape index (κ3) is 13.2. The van der Waals surface area contributed by atoms with Crippen LogP contribution < -0.4 is 38.3 Å². The lowest BCUT2D eigenvalue weighted by atomic mass is 10.0. The molecule has 2 rings (SSSR count). The minimum atomic E-state index is -0.159. The van der Waals surface area contributed by atoms with Crippen molar-refractivity contribution in [2.45, 2.75) is 104 Å². The number of nitrogens with one attached hydrogen (secondary N) is 2. The number of aryl methyl sites for hydroxylation is 2. The summed E-state index contributed by atoms with van der Waals surface area (Å²) in [6.45, 7) is 8.03. The highest BCUT2D eigenvalue weighted by molar-refractivity contribution is 5.76. The molecule has 0 heterocycles. The van der Waals surface area contributed by atoms with Crippen LogP contribution in [0.3, 0.4) is 0 Å². The van der Waals surface area contributed by atoms with E-state index in [-0.39, 0.29) is 24.3 Å². The Kier molecular flexibility index (Phi) is 15.5. The molecule has 0 fully saturated rings. The number of nitrogens with zero attached hydrogens (tertiary/aromatic N) is 2. The predicted molar refractivity (Wildman–Crippen MR) is 168 cm³/mol. The fourth-order valence-corrected chi connectivity index (χ4v) is 4.71. The second-order valence-corrected chi connectivity index (χ2v) is 10.3. The van der Waals surface area contributed by atoms with Crippen LogP contribution in [0.5, 0.6) is 5.75 Å². The van der Waals surface area contributed by atoms with Crippen molar-refractivity contribution in [2.24, 2.45) is 32.9 Å². The summed E-state index contributed by atoms with van der Waals surface area (Å²) in [5.74, 6) is 1.05. The van der Waals surface area contributed by atoms with E-state index < -0.39 is 0 Å². The first kappa shape index (κ1) is 32.9. The second-order valence-electron chi connectivity index (χ2n) is 10.3. The maximum Gasteiger partial charge on any atom is 0.187 e. The molecule has 0 aromatic heterocycles. The van der Waals surface area contributed by atoms with Gasteiger partial charge in [-0.15, -0.1) is 0 Å². The molecule has 2 atom stereocenters. The standard InChI is InChI=1S/C31H52N8O/c1-4-27(38-30(32)33)36-21-25-19-23(3)20-26(22-37-28(5-2)39-31(34)35)29(25)40-18-14-9-7-6-8-11-15-24-16-12-10-13-17-24/h10,12-13,16-17,19-20,27-28,36-37H,4-9,11,14-15,18,21-22H2,1-3H3,(H4,32,33,38)(H4,34,35,39). The fourth-order valence-electron chi connectivity index (χ4n) is 4.71. The molecule has 0 amide bonds. The van der Waals surface area contributed by atoms with Gasteiger partial charge in [-0.1, -0.05) is 87.6 Å². The number of aliphatic imine (C=N–C) groups is 2. The van der Waals surface area contributed by atoms with E-state index in [1.807, 2.05) is 13.8 Å². The highest BCUT2D eigenvalue weighted by Gasteiger charge is 2.15. The van der Waals surface area contributed by atoms with Crippen LogP contribution in [0.15, 0.2) is 52.4 Å². The van der Waals surface area contributed by atoms with Gasteiger partial charge in [0.05, 0.1) is 6.61 Å². The van der Waals surface area contributed by atoms with Crippen LogP contribution in [-0.2, 0) is 19.5 Å². The third-order valence-electron chi connectivity index (χ3n) is 6.78. The van der Waals surface area contributed by atoms with Crippen molar-refractivity contribution in [3.8, 4) is 5.75 Å². The van der Waals surface area contributed by atoms with E-state index >= 15 is 0 Å². The molecule has 2 aromatic rings. The Balaban J connectivity index is 1.97. The summed E-state index contributed by atoms with van der Waals surface area (Å²) in [5, 5.41) is 6.91. The Morgan fingerprint density at radius 2 is 1.25 bits per heavy atom. The molecule has 0 aliphatic carbocycles. The average Bonchev–Trinajstić information content (AvgIpc) is 2.93. The minimum absolute atomic E-state index is 0.0790. The summed E-state index contributed by atoms with van der Waals surface area (Å²) in [7, 11) is 0. The van der Waals surface area contributed by atoms with Gasteiger partial charge in [-0.25, -0.2) is 9.98 Å². The molecule has 2 unspecified atom stereocenters. The summed E-state index contributed by atoms with van der Waals surface area (Å²) >= 11 is 0. The van der Waals surface area contributed by atoms with Crippen LogP contribution in [0.1, 0.15) is 87.5 Å². The van der Waals surface area contributed by atoms with E-state index in [0.717, 1.165) is 54.5 Å². The number of ether oxygens (including phenoxy) is 1. The molecule has 0 saturated carbocycles. The molecule has 0 saturated heterocycles. The number of nitrogens with two attached hydrogens (primary N) is 4. The molecule has 0 radical (unpaired) electrons. The molecule has 0 spiro atoms. The van der Waals surface area contributed by atoms with Crippen LogP contribution in [-0.4, -0.2) is 30.9 Å². The zero-order chi connectivity index (χ0) is 29.2. The van der Waals surface area contributed by atoms with Crippen molar-refractivity contribution in [1.29, 1.82) is 0 Å². The van der Waals surface area contributed by atoms with E-state index in [2.05, 4.69) is 70.0 Å². The average molecular weight is 553 g/mol. The Labute approximate surface area is 241 Å². The molecule has 0 bridgehead atoms. The van der Waals surface area contributed by atoms with Gasteiger partial charge >= 0.3 is 0 Å². The lowest BCUT2D eigenvalue weighted by molar-refractivity contribution is 0.295. The Morgan fingerprint density at radius 3 is 1.75 bits per heavy atom. The number of hydrogen-bond acceptors (Lipinski definition) is 5. The normalized spacial score (nSPS) is 12.5.